The van der Waals surface area contributed by atoms with Crippen LogP contribution in [0.2, 0.25) is 0 Å². The number of esters is 1. The number of cyclic esters (lactones) is 1. The van der Waals surface area contributed by atoms with Crippen molar-refractivity contribution in [3.63, 3.8) is 0 Å². The molecule has 0 aromatic rings. The SMILES string of the molecule is O=C1/C=C\C/C=C\CCO1. The number of hydrogen-bond donors (Lipinski definition) is 0. The maximum absolute atomic E-state index is 10.7. The van der Waals surface area contributed by atoms with Crippen LogP contribution < -0.4 is 0 Å². The minimum Gasteiger partial charge on any atom is -0.462 e. The second kappa shape index (κ2) is 3.88. The maximum atomic E-state index is 10.7. The fourth-order valence-electron chi connectivity index (χ4n) is 0.733. The number of carbonyl (C=O) groups is 1. The Morgan fingerprint density at radius 1 is 1.30 bits per heavy atom. The van der Waals surface area contributed by atoms with E-state index in [1.54, 1.807) is 6.08 Å². The topological polar surface area (TPSA) is 26.3 Å². The molecule has 0 amide bonds. The molecule has 1 rings (SSSR count). The third-order valence-corrected chi connectivity index (χ3v) is 1.22. The highest BCUT2D eigenvalue weighted by Crippen LogP contribution is 1.95. The first kappa shape index (κ1) is 7.06. The molecule has 1 aliphatic rings. The third-order valence-electron chi connectivity index (χ3n) is 1.22. The fraction of sp³-hybridized carbons (Fsp3) is 0.375. The zero-order chi connectivity index (χ0) is 7.23. The van der Waals surface area contributed by atoms with Gasteiger partial charge in [0.05, 0.1) is 6.61 Å². The Morgan fingerprint density at radius 3 is 3.10 bits per heavy atom. The van der Waals surface area contributed by atoms with Crippen LogP contribution in [0.15, 0.2) is 24.3 Å². The van der Waals surface area contributed by atoms with E-state index in [1.165, 1.54) is 6.08 Å². The highest BCUT2D eigenvalue weighted by atomic mass is 16.5. The zero-order valence-electron chi connectivity index (χ0n) is 5.75. The largest absolute Gasteiger partial charge is 0.462 e. The third kappa shape index (κ3) is 2.49. The predicted molar refractivity (Wildman–Crippen MR) is 38.5 cm³/mol. The van der Waals surface area contributed by atoms with Gasteiger partial charge >= 0.3 is 5.97 Å². The molecule has 0 bridgehead atoms. The van der Waals surface area contributed by atoms with E-state index >= 15 is 0 Å². The highest BCUT2D eigenvalue weighted by Gasteiger charge is 1.94. The standard InChI is InChI=1S/C8H10O2/c9-8-6-4-2-1-3-5-7-10-8/h1,3-4,6H,2,5,7H2/b3-1-,6-4-. The van der Waals surface area contributed by atoms with E-state index < -0.39 is 0 Å². The van der Waals surface area contributed by atoms with Gasteiger partial charge in [-0.15, -0.1) is 0 Å². The summed E-state index contributed by atoms with van der Waals surface area (Å²) in [7, 11) is 0. The molecular formula is C8H10O2. The van der Waals surface area contributed by atoms with Crippen molar-refractivity contribution in [2.24, 2.45) is 0 Å². The van der Waals surface area contributed by atoms with Crippen molar-refractivity contribution in [2.45, 2.75) is 12.8 Å². The van der Waals surface area contributed by atoms with Crippen LogP contribution in [0.4, 0.5) is 0 Å². The molecule has 1 aliphatic heterocycles. The Kier molecular flexibility index (Phi) is 2.74. The lowest BCUT2D eigenvalue weighted by Gasteiger charge is -1.95. The first-order valence-corrected chi connectivity index (χ1v) is 3.38. The van der Waals surface area contributed by atoms with Gasteiger partial charge in [-0.1, -0.05) is 18.2 Å². The van der Waals surface area contributed by atoms with E-state index in [9.17, 15) is 4.79 Å². The molecule has 2 nitrogen and oxygen atoms in total. The van der Waals surface area contributed by atoms with Gasteiger partial charge in [-0.2, -0.15) is 0 Å². The number of carbonyl (C=O) groups excluding carboxylic acids is 1. The molecule has 54 valence electrons. The molecule has 10 heavy (non-hydrogen) atoms. The van der Waals surface area contributed by atoms with Crippen LogP contribution in [-0.4, -0.2) is 12.6 Å². The van der Waals surface area contributed by atoms with E-state index in [0.717, 1.165) is 12.8 Å². The number of ether oxygens (including phenoxy) is 1. The van der Waals surface area contributed by atoms with Crippen molar-refractivity contribution in [3.8, 4) is 0 Å². The van der Waals surface area contributed by atoms with Gasteiger partial charge in [-0.3, -0.25) is 0 Å². The van der Waals surface area contributed by atoms with Crippen LogP contribution in [0.1, 0.15) is 12.8 Å². The van der Waals surface area contributed by atoms with E-state index in [0.29, 0.717) is 6.61 Å². The quantitative estimate of drug-likeness (QED) is 0.374. The molecule has 0 saturated heterocycles. The first-order chi connectivity index (χ1) is 4.89. The maximum Gasteiger partial charge on any atom is 0.330 e. The summed E-state index contributed by atoms with van der Waals surface area (Å²) in [6, 6.07) is 0. The summed E-state index contributed by atoms with van der Waals surface area (Å²) in [4.78, 5) is 10.7. The summed E-state index contributed by atoms with van der Waals surface area (Å²) in [5.41, 5.74) is 0. The molecule has 0 saturated carbocycles. The summed E-state index contributed by atoms with van der Waals surface area (Å²) in [5, 5.41) is 0. The molecule has 0 unspecified atom stereocenters. The van der Waals surface area contributed by atoms with Gasteiger partial charge in [-0.05, 0) is 12.8 Å². The Balaban J connectivity index is 2.46. The number of hydrogen-bond acceptors (Lipinski definition) is 2. The van der Waals surface area contributed by atoms with E-state index in [-0.39, 0.29) is 5.97 Å². The minimum atomic E-state index is -0.233. The zero-order valence-corrected chi connectivity index (χ0v) is 5.75. The highest BCUT2D eigenvalue weighted by molar-refractivity contribution is 5.81. The second-order valence-corrected chi connectivity index (χ2v) is 2.07. The van der Waals surface area contributed by atoms with Crippen molar-refractivity contribution in [3.05, 3.63) is 24.3 Å². The summed E-state index contributed by atoms with van der Waals surface area (Å²) in [6.45, 7) is 0.500. The average Bonchev–Trinajstić information content (AvgIpc) is 2.02. The molecule has 0 aromatic heterocycles. The molecular weight excluding hydrogens is 128 g/mol. The van der Waals surface area contributed by atoms with E-state index in [2.05, 4.69) is 0 Å². The predicted octanol–water partition coefficient (Wildman–Crippen LogP) is 1.44. The molecule has 1 heterocycles. The molecule has 0 spiro atoms. The molecule has 0 aromatic carbocycles. The van der Waals surface area contributed by atoms with Crippen molar-refractivity contribution >= 4 is 5.97 Å². The van der Waals surface area contributed by atoms with Crippen LogP contribution in [-0.2, 0) is 9.53 Å². The Bertz CT molecular complexity index is 168. The van der Waals surface area contributed by atoms with Crippen LogP contribution in [0.25, 0.3) is 0 Å². The summed E-state index contributed by atoms with van der Waals surface area (Å²) >= 11 is 0. The van der Waals surface area contributed by atoms with Gasteiger partial charge in [0.2, 0.25) is 0 Å². The van der Waals surface area contributed by atoms with Gasteiger partial charge in [0, 0.05) is 6.08 Å². The number of allylic oxidation sites excluding steroid dienone is 2. The van der Waals surface area contributed by atoms with Gasteiger partial charge in [-0.25, -0.2) is 4.79 Å². The van der Waals surface area contributed by atoms with Crippen LogP contribution in [0, 0.1) is 0 Å². The fourth-order valence-corrected chi connectivity index (χ4v) is 0.733. The summed E-state index contributed by atoms with van der Waals surface area (Å²) < 4.78 is 4.79. The molecule has 0 fully saturated rings. The summed E-state index contributed by atoms with van der Waals surface area (Å²) in [6.07, 6.45) is 8.96. The van der Waals surface area contributed by atoms with Gasteiger partial charge in [0.15, 0.2) is 0 Å². The smallest absolute Gasteiger partial charge is 0.330 e. The average molecular weight is 138 g/mol. The van der Waals surface area contributed by atoms with Gasteiger partial charge in [0.25, 0.3) is 0 Å². The molecule has 0 radical (unpaired) electrons. The minimum absolute atomic E-state index is 0.233. The van der Waals surface area contributed by atoms with Gasteiger partial charge in [0.1, 0.15) is 0 Å². The molecule has 0 atom stereocenters. The lowest BCUT2D eigenvalue weighted by molar-refractivity contribution is -0.137. The van der Waals surface area contributed by atoms with E-state index in [4.69, 9.17) is 4.74 Å². The van der Waals surface area contributed by atoms with Crippen LogP contribution in [0.3, 0.4) is 0 Å². The molecule has 0 aliphatic carbocycles. The Labute approximate surface area is 60.2 Å². The van der Waals surface area contributed by atoms with Crippen LogP contribution in [0.5, 0.6) is 0 Å². The monoisotopic (exact) mass is 138 g/mol. The first-order valence-electron chi connectivity index (χ1n) is 3.38. The normalized spacial score (nSPS) is 25.4. The van der Waals surface area contributed by atoms with Crippen molar-refractivity contribution in [1.82, 2.24) is 0 Å². The molecule has 0 N–H and O–H groups in total. The van der Waals surface area contributed by atoms with Crippen LogP contribution >= 0.6 is 0 Å². The number of rotatable bonds is 0. The molecule has 2 heteroatoms. The van der Waals surface area contributed by atoms with Crippen molar-refractivity contribution in [1.29, 1.82) is 0 Å². The Morgan fingerprint density at radius 2 is 2.20 bits per heavy atom. The van der Waals surface area contributed by atoms with Gasteiger partial charge < -0.3 is 4.74 Å². The lowest BCUT2D eigenvalue weighted by atomic mass is 10.3. The van der Waals surface area contributed by atoms with Crippen molar-refractivity contribution in [2.75, 3.05) is 6.61 Å². The Hall–Kier alpha value is -1.05. The summed E-state index contributed by atoms with van der Waals surface area (Å²) in [5.74, 6) is -0.233. The van der Waals surface area contributed by atoms with Crippen molar-refractivity contribution < 1.29 is 9.53 Å². The lowest BCUT2D eigenvalue weighted by Crippen LogP contribution is -2.00. The van der Waals surface area contributed by atoms with E-state index in [1.807, 2.05) is 12.2 Å². The second-order valence-electron chi connectivity index (χ2n) is 2.07.